The molecule has 2 aromatic carbocycles. The molecular formula is C28H34IN5O4. The number of hydrogen-bond acceptors (Lipinski definition) is 6. The number of anilines is 1. The summed E-state index contributed by atoms with van der Waals surface area (Å²) in [5.74, 6) is 0.987. The fraction of sp³-hybridized carbons (Fsp3) is 0.393. The maximum atomic E-state index is 12.3. The van der Waals surface area contributed by atoms with Crippen molar-refractivity contribution in [3.63, 3.8) is 0 Å². The summed E-state index contributed by atoms with van der Waals surface area (Å²) in [6.07, 6.45) is 4.55. The van der Waals surface area contributed by atoms with E-state index in [0.29, 0.717) is 39.2 Å². The van der Waals surface area contributed by atoms with Gasteiger partial charge in [0.2, 0.25) is 0 Å². The fourth-order valence-corrected chi connectivity index (χ4v) is 4.75. The number of nitrogens with one attached hydrogen (secondary N) is 2. The maximum absolute atomic E-state index is 12.3. The first kappa shape index (κ1) is 27.9. The van der Waals surface area contributed by atoms with Crippen molar-refractivity contribution in [3.8, 4) is 17.2 Å². The van der Waals surface area contributed by atoms with Crippen molar-refractivity contribution in [1.82, 2.24) is 15.2 Å². The van der Waals surface area contributed by atoms with E-state index in [2.05, 4.69) is 57.0 Å². The summed E-state index contributed by atoms with van der Waals surface area (Å²) in [4.78, 5) is 31.3. The Labute approximate surface area is 236 Å². The standard InChI is InChI=1S/C28H34IN5O4/c1-3-34(4-2)12-5-13-37-26-16-24-21(15-22(26)27(30)35)25(10-11-31-24)38-20-8-9-23(18(14-20)17-29)33-28(36)32-19-6-7-19/h8-11,14-16,19H,3-7,12-13,17H2,1-2H3,(H2,30,35)(H2,32,33,36). The number of carbonyl (C=O) groups excluding carboxylic acids is 2. The second-order valence-corrected chi connectivity index (χ2v) is 9.96. The quantitative estimate of drug-likeness (QED) is 0.131. The van der Waals surface area contributed by atoms with Crippen molar-refractivity contribution in [2.24, 2.45) is 5.73 Å². The SMILES string of the molecule is CCN(CC)CCCOc1cc2nccc(Oc3ccc(NC(=O)NC4CC4)c(CI)c3)c2cc1C(N)=O. The minimum absolute atomic E-state index is 0.197. The molecule has 10 heteroatoms. The van der Waals surface area contributed by atoms with Crippen LogP contribution in [0.15, 0.2) is 42.6 Å². The summed E-state index contributed by atoms with van der Waals surface area (Å²) in [6.45, 7) is 7.62. The number of halogens is 1. The van der Waals surface area contributed by atoms with Crippen LogP contribution in [0.4, 0.5) is 10.5 Å². The van der Waals surface area contributed by atoms with E-state index < -0.39 is 5.91 Å². The second kappa shape index (κ2) is 13.1. The van der Waals surface area contributed by atoms with E-state index in [4.69, 9.17) is 15.2 Å². The van der Waals surface area contributed by atoms with Crippen LogP contribution < -0.4 is 25.8 Å². The Morgan fingerprint density at radius 2 is 1.92 bits per heavy atom. The van der Waals surface area contributed by atoms with Crippen LogP contribution in [-0.4, -0.2) is 54.1 Å². The van der Waals surface area contributed by atoms with Gasteiger partial charge in [0.1, 0.15) is 17.2 Å². The molecule has 3 amide bonds. The number of benzene rings is 2. The molecule has 4 N–H and O–H groups in total. The number of hydrogen-bond donors (Lipinski definition) is 3. The van der Waals surface area contributed by atoms with Gasteiger partial charge in [0, 0.05) is 40.4 Å². The number of nitrogens with zero attached hydrogens (tertiary/aromatic N) is 2. The Balaban J connectivity index is 1.52. The number of aromatic nitrogens is 1. The molecule has 0 saturated heterocycles. The highest BCUT2D eigenvalue weighted by Crippen LogP contribution is 2.35. The van der Waals surface area contributed by atoms with Gasteiger partial charge in [-0.25, -0.2) is 4.79 Å². The fourth-order valence-electron chi connectivity index (χ4n) is 4.12. The molecule has 1 saturated carbocycles. The van der Waals surface area contributed by atoms with Crippen molar-refractivity contribution in [1.29, 1.82) is 0 Å². The highest BCUT2D eigenvalue weighted by Gasteiger charge is 2.23. The first-order chi connectivity index (χ1) is 18.4. The molecule has 1 aliphatic rings. The van der Waals surface area contributed by atoms with Crippen LogP contribution in [0.3, 0.4) is 0 Å². The number of primary amides is 1. The van der Waals surface area contributed by atoms with Crippen molar-refractivity contribution in [3.05, 3.63) is 53.7 Å². The molecule has 1 fully saturated rings. The van der Waals surface area contributed by atoms with E-state index in [0.717, 1.165) is 50.1 Å². The topological polar surface area (TPSA) is 119 Å². The predicted octanol–water partition coefficient (Wildman–Crippen LogP) is 5.46. The zero-order valence-electron chi connectivity index (χ0n) is 21.8. The number of nitrogens with two attached hydrogens (primary N) is 1. The number of pyridine rings is 1. The van der Waals surface area contributed by atoms with Crippen molar-refractivity contribution in [2.45, 2.75) is 43.6 Å². The van der Waals surface area contributed by atoms with Gasteiger partial charge in [0.05, 0.1) is 17.7 Å². The Bertz CT molecular complexity index is 1290. The Morgan fingerprint density at radius 1 is 1.13 bits per heavy atom. The van der Waals surface area contributed by atoms with Gasteiger partial charge >= 0.3 is 6.03 Å². The highest BCUT2D eigenvalue weighted by molar-refractivity contribution is 14.1. The normalized spacial score (nSPS) is 12.9. The van der Waals surface area contributed by atoms with Crippen LogP contribution in [0.25, 0.3) is 10.9 Å². The third-order valence-corrected chi connectivity index (χ3v) is 7.27. The number of rotatable bonds is 13. The molecular weight excluding hydrogens is 597 g/mol. The van der Waals surface area contributed by atoms with Gasteiger partial charge in [-0.3, -0.25) is 9.78 Å². The summed E-state index contributed by atoms with van der Waals surface area (Å²) < 4.78 is 12.9. The van der Waals surface area contributed by atoms with Gasteiger partial charge in [-0.2, -0.15) is 0 Å². The second-order valence-electron chi connectivity index (χ2n) is 9.20. The smallest absolute Gasteiger partial charge is 0.319 e. The lowest BCUT2D eigenvalue weighted by atomic mass is 10.1. The van der Waals surface area contributed by atoms with Gasteiger partial charge in [-0.1, -0.05) is 36.4 Å². The number of carbonyl (C=O) groups is 2. The molecule has 0 aliphatic heterocycles. The van der Waals surface area contributed by atoms with E-state index >= 15 is 0 Å². The first-order valence-electron chi connectivity index (χ1n) is 12.9. The lowest BCUT2D eigenvalue weighted by molar-refractivity contribution is 0.0996. The van der Waals surface area contributed by atoms with Crippen LogP contribution in [-0.2, 0) is 4.43 Å². The Hall–Kier alpha value is -3.12. The summed E-state index contributed by atoms with van der Waals surface area (Å²) in [5.41, 5.74) is 8.30. The third-order valence-electron chi connectivity index (χ3n) is 6.45. The average molecular weight is 632 g/mol. The molecule has 4 rings (SSSR count). The zero-order valence-corrected chi connectivity index (χ0v) is 23.9. The van der Waals surface area contributed by atoms with E-state index in [1.165, 1.54) is 0 Å². The molecule has 3 aromatic rings. The van der Waals surface area contributed by atoms with Crippen molar-refractivity contribution in [2.75, 3.05) is 31.6 Å². The van der Waals surface area contributed by atoms with Gasteiger partial charge < -0.3 is 30.7 Å². The molecule has 0 spiro atoms. The van der Waals surface area contributed by atoms with Crippen LogP contribution >= 0.6 is 22.6 Å². The Morgan fingerprint density at radius 3 is 2.61 bits per heavy atom. The molecule has 0 bridgehead atoms. The van der Waals surface area contributed by atoms with Crippen LogP contribution in [0.5, 0.6) is 17.2 Å². The summed E-state index contributed by atoms with van der Waals surface area (Å²) in [5, 5.41) is 6.51. The molecule has 0 atom stereocenters. The molecule has 0 unspecified atom stereocenters. The monoisotopic (exact) mass is 631 g/mol. The van der Waals surface area contributed by atoms with E-state index in [-0.39, 0.29) is 17.6 Å². The lowest BCUT2D eigenvalue weighted by Crippen LogP contribution is -2.30. The van der Waals surface area contributed by atoms with Crippen LogP contribution in [0.1, 0.15) is 49.0 Å². The first-order valence-corrected chi connectivity index (χ1v) is 14.5. The molecule has 1 heterocycles. The number of alkyl halides is 1. The van der Waals surface area contributed by atoms with Crippen molar-refractivity contribution < 1.29 is 19.1 Å². The molecule has 202 valence electrons. The van der Waals surface area contributed by atoms with Crippen LogP contribution in [0, 0.1) is 0 Å². The number of fused-ring (bicyclic) bond motifs is 1. The largest absolute Gasteiger partial charge is 0.493 e. The number of amides is 3. The molecule has 1 aliphatic carbocycles. The average Bonchev–Trinajstić information content (AvgIpc) is 3.73. The molecule has 0 radical (unpaired) electrons. The van der Waals surface area contributed by atoms with E-state index in [9.17, 15) is 9.59 Å². The van der Waals surface area contributed by atoms with E-state index in [1.54, 1.807) is 30.5 Å². The summed E-state index contributed by atoms with van der Waals surface area (Å²) >= 11 is 2.26. The third kappa shape index (κ3) is 7.25. The van der Waals surface area contributed by atoms with Crippen molar-refractivity contribution >= 4 is 51.1 Å². The summed E-state index contributed by atoms with van der Waals surface area (Å²) in [7, 11) is 0. The minimum Gasteiger partial charge on any atom is -0.493 e. The minimum atomic E-state index is -0.576. The van der Waals surface area contributed by atoms with Gasteiger partial charge in [0.25, 0.3) is 5.91 Å². The number of urea groups is 1. The predicted molar refractivity (Wildman–Crippen MR) is 158 cm³/mol. The molecule has 1 aromatic heterocycles. The highest BCUT2D eigenvalue weighted by atomic mass is 127. The van der Waals surface area contributed by atoms with Gasteiger partial charge in [-0.05, 0) is 68.2 Å². The lowest BCUT2D eigenvalue weighted by Gasteiger charge is -2.18. The Kier molecular flexibility index (Phi) is 9.62. The van der Waals surface area contributed by atoms with Gasteiger partial charge in [0.15, 0.2) is 0 Å². The van der Waals surface area contributed by atoms with Gasteiger partial charge in [-0.15, -0.1) is 0 Å². The molecule has 38 heavy (non-hydrogen) atoms. The zero-order chi connectivity index (χ0) is 27.1. The summed E-state index contributed by atoms with van der Waals surface area (Å²) in [6, 6.07) is 10.8. The van der Waals surface area contributed by atoms with E-state index in [1.807, 2.05) is 12.1 Å². The number of ether oxygens (including phenoxy) is 2. The molecule has 9 nitrogen and oxygen atoms in total. The van der Waals surface area contributed by atoms with Crippen LogP contribution in [0.2, 0.25) is 0 Å². The maximum Gasteiger partial charge on any atom is 0.319 e.